The van der Waals surface area contributed by atoms with Gasteiger partial charge in [0, 0.05) is 0 Å². The summed E-state index contributed by atoms with van der Waals surface area (Å²) < 4.78 is 0. The minimum absolute atomic E-state index is 0.177. The van der Waals surface area contributed by atoms with Crippen molar-refractivity contribution in [2.75, 3.05) is 18.4 Å². The molecular formula is C18H18N5O2S+. The van der Waals surface area contributed by atoms with Crippen LogP contribution in [-0.4, -0.2) is 29.0 Å². The zero-order valence-corrected chi connectivity index (χ0v) is 15.0. The van der Waals surface area contributed by atoms with Gasteiger partial charge >= 0.3 is 0 Å². The van der Waals surface area contributed by atoms with Crippen molar-refractivity contribution in [3.8, 4) is 6.07 Å². The van der Waals surface area contributed by atoms with Crippen LogP contribution in [0.1, 0.15) is 18.3 Å². The Kier molecular flexibility index (Phi) is 5.41. The highest BCUT2D eigenvalue weighted by molar-refractivity contribution is 7.14. The maximum Gasteiger partial charge on any atom is 0.280 e. The van der Waals surface area contributed by atoms with Crippen LogP contribution in [0, 0.1) is 11.3 Å². The largest absolute Gasteiger partial charge is 0.321 e. The topological polar surface area (TPSA) is 103 Å². The summed E-state index contributed by atoms with van der Waals surface area (Å²) in [5.41, 5.74) is 0.924. The first kappa shape index (κ1) is 17.8. The van der Waals surface area contributed by atoms with Gasteiger partial charge in [0.25, 0.3) is 11.5 Å². The van der Waals surface area contributed by atoms with E-state index in [4.69, 9.17) is 5.26 Å². The molecule has 7 nitrogen and oxygen atoms in total. The molecule has 0 aliphatic heterocycles. The van der Waals surface area contributed by atoms with E-state index < -0.39 is 0 Å². The van der Waals surface area contributed by atoms with Gasteiger partial charge in [-0.15, -0.1) is 11.3 Å². The second-order valence-electron chi connectivity index (χ2n) is 5.81. The smallest absolute Gasteiger partial charge is 0.280 e. The van der Waals surface area contributed by atoms with Crippen molar-refractivity contribution in [2.24, 2.45) is 0 Å². The van der Waals surface area contributed by atoms with Gasteiger partial charge in [-0.3, -0.25) is 9.59 Å². The Labute approximate surface area is 153 Å². The minimum Gasteiger partial charge on any atom is -0.321 e. The van der Waals surface area contributed by atoms with Gasteiger partial charge in [0.15, 0.2) is 12.4 Å². The van der Waals surface area contributed by atoms with Gasteiger partial charge in [0.1, 0.15) is 17.6 Å². The normalized spacial score (nSPS) is 11.8. The summed E-state index contributed by atoms with van der Waals surface area (Å²) in [5.74, 6) is 0.371. The number of hydrogen-bond acceptors (Lipinski definition) is 5. The number of likely N-dealkylation sites (N-methyl/N-ethyl adjacent to an activating group) is 1. The van der Waals surface area contributed by atoms with Crippen LogP contribution in [-0.2, 0) is 11.3 Å². The van der Waals surface area contributed by atoms with Crippen LogP contribution in [0.3, 0.4) is 0 Å². The maximum atomic E-state index is 12.3. The molecule has 1 amide bonds. The van der Waals surface area contributed by atoms with Crippen LogP contribution < -0.4 is 15.8 Å². The Morgan fingerprint density at radius 2 is 2.19 bits per heavy atom. The Hall–Kier alpha value is -3.02. The number of anilines is 1. The van der Waals surface area contributed by atoms with E-state index in [1.165, 1.54) is 11.3 Å². The maximum absolute atomic E-state index is 12.3. The van der Waals surface area contributed by atoms with Gasteiger partial charge < -0.3 is 15.2 Å². The van der Waals surface area contributed by atoms with Gasteiger partial charge in [0.05, 0.1) is 23.0 Å². The molecule has 2 heterocycles. The van der Waals surface area contributed by atoms with Crippen molar-refractivity contribution in [3.63, 3.8) is 0 Å². The Balaban J connectivity index is 1.71. The number of nitriles is 1. The number of hydrogen-bond donors (Lipinski definition) is 3. The highest BCUT2D eigenvalue weighted by Gasteiger charge is 2.17. The lowest BCUT2D eigenvalue weighted by Crippen LogP contribution is -3.11. The first-order valence-corrected chi connectivity index (χ1v) is 9.07. The van der Waals surface area contributed by atoms with E-state index in [0.29, 0.717) is 40.4 Å². The fraction of sp³-hybridized carbons (Fsp3) is 0.222. The number of aromatic amines is 1. The molecule has 8 heteroatoms. The summed E-state index contributed by atoms with van der Waals surface area (Å²) >= 11 is 1.32. The summed E-state index contributed by atoms with van der Waals surface area (Å²) in [6.45, 7) is 3.31. The molecule has 1 atom stereocenters. The first-order chi connectivity index (χ1) is 12.6. The molecule has 26 heavy (non-hydrogen) atoms. The average Bonchev–Trinajstić information content (AvgIpc) is 3.08. The van der Waals surface area contributed by atoms with E-state index in [-0.39, 0.29) is 18.0 Å². The van der Waals surface area contributed by atoms with Crippen molar-refractivity contribution in [2.45, 2.75) is 13.5 Å². The van der Waals surface area contributed by atoms with E-state index in [1.807, 2.05) is 13.0 Å². The van der Waals surface area contributed by atoms with E-state index in [9.17, 15) is 9.59 Å². The van der Waals surface area contributed by atoms with Gasteiger partial charge in [0.2, 0.25) is 0 Å². The number of carbonyl (C=O) groups excluding carboxylic acids is 1. The number of rotatable bonds is 6. The second-order valence-corrected chi connectivity index (χ2v) is 6.73. The van der Waals surface area contributed by atoms with Crippen LogP contribution in [0.5, 0.6) is 0 Å². The van der Waals surface area contributed by atoms with Crippen LogP contribution in [0.15, 0.2) is 40.5 Å². The number of aromatic nitrogens is 2. The van der Waals surface area contributed by atoms with E-state index >= 15 is 0 Å². The number of fused-ring (bicyclic) bond motifs is 1. The van der Waals surface area contributed by atoms with Gasteiger partial charge in [-0.05, 0) is 30.5 Å². The number of benzene rings is 1. The molecule has 0 radical (unpaired) electrons. The van der Waals surface area contributed by atoms with Crippen LogP contribution in [0.2, 0.25) is 0 Å². The molecular weight excluding hydrogens is 350 g/mol. The number of nitrogens with zero attached hydrogens (tertiary/aromatic N) is 2. The predicted octanol–water partition coefficient (Wildman–Crippen LogP) is 0.900. The zero-order valence-electron chi connectivity index (χ0n) is 14.2. The van der Waals surface area contributed by atoms with Crippen molar-refractivity contribution < 1.29 is 9.69 Å². The fourth-order valence-corrected chi connectivity index (χ4v) is 3.41. The van der Waals surface area contributed by atoms with E-state index in [0.717, 1.165) is 4.90 Å². The summed E-state index contributed by atoms with van der Waals surface area (Å²) in [7, 11) is 0. The highest BCUT2D eigenvalue weighted by atomic mass is 32.1. The third kappa shape index (κ3) is 3.96. The third-order valence-electron chi connectivity index (χ3n) is 4.03. The molecule has 0 aliphatic rings. The number of H-pyrrole nitrogens is 1. The molecule has 0 fully saturated rings. The molecule has 1 aromatic carbocycles. The highest BCUT2D eigenvalue weighted by Crippen LogP contribution is 2.21. The molecule has 0 spiro atoms. The summed E-state index contributed by atoms with van der Waals surface area (Å²) in [4.78, 5) is 32.7. The molecule has 3 N–H and O–H groups in total. The number of amides is 1. The number of thiophene rings is 1. The van der Waals surface area contributed by atoms with Gasteiger partial charge in [-0.2, -0.15) is 5.26 Å². The number of quaternary nitrogens is 1. The molecule has 3 rings (SSSR count). The molecule has 0 saturated heterocycles. The SMILES string of the molecule is CC[NH+](CC(=O)Nc1sccc1C#N)Cc1nc2ccccc2c(=O)[nH]1. The van der Waals surface area contributed by atoms with Crippen LogP contribution in [0.25, 0.3) is 10.9 Å². The number of carbonyl (C=O) groups is 1. The molecule has 0 saturated carbocycles. The standard InChI is InChI=1S/C18H17N5O2S/c1-2-23(11-16(24)22-18-12(9-19)7-8-26-18)10-15-20-14-6-4-3-5-13(14)17(25)21-15/h3-8H,2,10-11H2,1H3,(H,22,24)(H,20,21,25)/p+1. The van der Waals surface area contributed by atoms with E-state index in [1.54, 1.807) is 29.6 Å². The minimum atomic E-state index is -0.178. The fourth-order valence-electron chi connectivity index (χ4n) is 2.66. The van der Waals surface area contributed by atoms with E-state index in [2.05, 4.69) is 21.4 Å². The first-order valence-electron chi connectivity index (χ1n) is 8.19. The summed E-state index contributed by atoms with van der Waals surface area (Å²) in [6, 6.07) is 10.9. The molecule has 3 aromatic rings. The molecule has 0 bridgehead atoms. The Morgan fingerprint density at radius 1 is 1.38 bits per heavy atom. The summed E-state index contributed by atoms with van der Waals surface area (Å²) in [6.07, 6.45) is 0. The van der Waals surface area contributed by atoms with Crippen LogP contribution in [0.4, 0.5) is 5.00 Å². The lowest BCUT2D eigenvalue weighted by molar-refractivity contribution is -0.904. The number of para-hydroxylation sites is 1. The monoisotopic (exact) mass is 368 g/mol. The lowest BCUT2D eigenvalue weighted by Gasteiger charge is -2.16. The molecule has 2 aromatic heterocycles. The van der Waals surface area contributed by atoms with Crippen molar-refractivity contribution >= 4 is 33.1 Å². The molecule has 1 unspecified atom stereocenters. The van der Waals surface area contributed by atoms with Crippen LogP contribution >= 0.6 is 11.3 Å². The van der Waals surface area contributed by atoms with Gasteiger partial charge in [-0.1, -0.05) is 12.1 Å². The Bertz CT molecular complexity index is 1030. The lowest BCUT2D eigenvalue weighted by atomic mass is 10.2. The average molecular weight is 368 g/mol. The van der Waals surface area contributed by atoms with Crippen molar-refractivity contribution in [3.05, 3.63) is 57.5 Å². The Morgan fingerprint density at radius 3 is 2.96 bits per heavy atom. The molecule has 0 aliphatic carbocycles. The van der Waals surface area contributed by atoms with Gasteiger partial charge in [-0.25, -0.2) is 4.98 Å². The predicted molar refractivity (Wildman–Crippen MR) is 100 cm³/mol. The second kappa shape index (κ2) is 7.91. The third-order valence-corrected chi connectivity index (χ3v) is 4.86. The summed E-state index contributed by atoms with van der Waals surface area (Å²) in [5, 5.41) is 14.7. The number of nitrogens with one attached hydrogen (secondary N) is 3. The zero-order chi connectivity index (χ0) is 18.5. The van der Waals surface area contributed by atoms with Crippen molar-refractivity contribution in [1.29, 1.82) is 5.26 Å². The van der Waals surface area contributed by atoms with Crippen molar-refractivity contribution in [1.82, 2.24) is 9.97 Å². The quantitative estimate of drug-likeness (QED) is 0.601. The molecule has 132 valence electrons.